The minimum Gasteiger partial charge on any atom is -0.375 e. The van der Waals surface area contributed by atoms with Crippen LogP contribution in [0.5, 0.6) is 0 Å². The molecule has 0 aromatic heterocycles. The summed E-state index contributed by atoms with van der Waals surface area (Å²) in [5.41, 5.74) is 0.373. The second kappa shape index (κ2) is 7.29. The highest BCUT2D eigenvalue weighted by Crippen LogP contribution is 2.40. The molecule has 0 heterocycles. The molecule has 1 heteroatoms. The van der Waals surface area contributed by atoms with Crippen molar-refractivity contribution in [1.82, 2.24) is 0 Å². The van der Waals surface area contributed by atoms with Crippen LogP contribution < -0.4 is 0 Å². The Bertz CT molecular complexity index is 273. The van der Waals surface area contributed by atoms with Crippen molar-refractivity contribution in [1.29, 1.82) is 0 Å². The molecule has 0 N–H and O–H groups in total. The van der Waals surface area contributed by atoms with Crippen LogP contribution in [0.4, 0.5) is 0 Å². The first-order valence-corrected chi connectivity index (χ1v) is 8.85. The van der Waals surface area contributed by atoms with Crippen LogP contribution in [0.1, 0.15) is 87.0 Å². The Labute approximate surface area is 127 Å². The van der Waals surface area contributed by atoms with Gasteiger partial charge >= 0.3 is 0 Å². The molecule has 0 radical (unpaired) electrons. The minimum absolute atomic E-state index is 0.0457. The van der Waals surface area contributed by atoms with E-state index in [1.165, 1.54) is 38.5 Å². The molecular formula is C19H38O. The zero-order valence-electron chi connectivity index (χ0n) is 15.1. The van der Waals surface area contributed by atoms with Gasteiger partial charge in [0, 0.05) is 0 Å². The first-order valence-electron chi connectivity index (χ1n) is 8.85. The van der Waals surface area contributed by atoms with E-state index in [0.717, 1.165) is 18.4 Å². The van der Waals surface area contributed by atoms with Crippen LogP contribution in [0.3, 0.4) is 0 Å². The topological polar surface area (TPSA) is 9.23 Å². The van der Waals surface area contributed by atoms with E-state index < -0.39 is 0 Å². The van der Waals surface area contributed by atoms with Gasteiger partial charge in [-0.1, -0.05) is 53.9 Å². The van der Waals surface area contributed by atoms with Gasteiger partial charge in [0.25, 0.3) is 0 Å². The Morgan fingerprint density at radius 2 is 1.60 bits per heavy atom. The van der Waals surface area contributed by atoms with Crippen molar-refractivity contribution in [2.24, 2.45) is 23.2 Å². The fourth-order valence-corrected chi connectivity index (χ4v) is 3.52. The number of rotatable bonds is 7. The molecule has 120 valence electrons. The molecule has 1 atom stereocenters. The summed E-state index contributed by atoms with van der Waals surface area (Å²) in [5, 5.41) is 0. The van der Waals surface area contributed by atoms with Crippen molar-refractivity contribution in [2.75, 3.05) is 6.61 Å². The zero-order chi connectivity index (χ0) is 15.4. The van der Waals surface area contributed by atoms with Gasteiger partial charge in [-0.05, 0) is 56.3 Å². The smallest absolute Gasteiger partial charge is 0.0654 e. The van der Waals surface area contributed by atoms with E-state index in [2.05, 4.69) is 48.5 Å². The van der Waals surface area contributed by atoms with Gasteiger partial charge in [0.05, 0.1) is 12.2 Å². The van der Waals surface area contributed by atoms with Gasteiger partial charge < -0.3 is 4.74 Å². The maximum atomic E-state index is 6.48. The van der Waals surface area contributed by atoms with Crippen molar-refractivity contribution >= 4 is 0 Å². The summed E-state index contributed by atoms with van der Waals surface area (Å²) in [4.78, 5) is 0. The molecule has 0 spiro atoms. The van der Waals surface area contributed by atoms with E-state index in [4.69, 9.17) is 4.74 Å². The van der Waals surface area contributed by atoms with Crippen molar-refractivity contribution in [2.45, 2.75) is 92.6 Å². The van der Waals surface area contributed by atoms with Crippen LogP contribution in [-0.4, -0.2) is 12.2 Å². The molecule has 1 unspecified atom stereocenters. The molecular weight excluding hydrogens is 244 g/mol. The summed E-state index contributed by atoms with van der Waals surface area (Å²) in [5.74, 6) is 2.35. The summed E-state index contributed by atoms with van der Waals surface area (Å²) in [7, 11) is 0. The first-order chi connectivity index (χ1) is 9.21. The van der Waals surface area contributed by atoms with Crippen molar-refractivity contribution < 1.29 is 4.74 Å². The molecule has 0 aliphatic heterocycles. The average molecular weight is 283 g/mol. The number of ether oxygens (including phenoxy) is 1. The summed E-state index contributed by atoms with van der Waals surface area (Å²) >= 11 is 0. The lowest BCUT2D eigenvalue weighted by molar-refractivity contribution is -0.112. The molecule has 20 heavy (non-hydrogen) atoms. The summed E-state index contributed by atoms with van der Waals surface area (Å²) < 4.78 is 6.48. The molecule has 0 aromatic rings. The lowest BCUT2D eigenvalue weighted by Gasteiger charge is -2.42. The Morgan fingerprint density at radius 1 is 1.05 bits per heavy atom. The minimum atomic E-state index is 0.0457. The third kappa shape index (κ3) is 4.76. The quantitative estimate of drug-likeness (QED) is 0.550. The molecule has 1 aliphatic carbocycles. The van der Waals surface area contributed by atoms with Gasteiger partial charge in [-0.2, -0.15) is 0 Å². The SMILES string of the molecule is CCCC(C)(COC(C)(C)C1CCC(C)CC1)C(C)C. The van der Waals surface area contributed by atoms with Crippen LogP contribution in [0.25, 0.3) is 0 Å². The highest BCUT2D eigenvalue weighted by Gasteiger charge is 2.36. The fourth-order valence-electron chi connectivity index (χ4n) is 3.52. The molecule has 0 bridgehead atoms. The van der Waals surface area contributed by atoms with Crippen molar-refractivity contribution in [3.05, 3.63) is 0 Å². The monoisotopic (exact) mass is 282 g/mol. The van der Waals surface area contributed by atoms with E-state index in [1.807, 2.05) is 0 Å². The summed E-state index contributed by atoms with van der Waals surface area (Å²) in [6, 6.07) is 0. The van der Waals surface area contributed by atoms with Gasteiger partial charge in [-0.3, -0.25) is 0 Å². The molecule has 0 amide bonds. The van der Waals surface area contributed by atoms with Gasteiger partial charge in [-0.15, -0.1) is 0 Å². The van der Waals surface area contributed by atoms with E-state index in [-0.39, 0.29) is 5.60 Å². The molecule has 0 aromatic carbocycles. The van der Waals surface area contributed by atoms with Gasteiger partial charge in [0.2, 0.25) is 0 Å². The van der Waals surface area contributed by atoms with Crippen LogP contribution in [0.15, 0.2) is 0 Å². The third-order valence-corrected chi connectivity index (χ3v) is 5.99. The van der Waals surface area contributed by atoms with Crippen molar-refractivity contribution in [3.63, 3.8) is 0 Å². The maximum absolute atomic E-state index is 6.48. The standard InChI is InChI=1S/C19H38O/c1-8-13-19(7,15(2)3)14-20-18(5,6)17-11-9-16(4)10-12-17/h15-17H,8-14H2,1-7H3. The van der Waals surface area contributed by atoms with E-state index >= 15 is 0 Å². The molecule has 1 rings (SSSR count). The average Bonchev–Trinajstić information content (AvgIpc) is 2.37. The van der Waals surface area contributed by atoms with E-state index in [0.29, 0.717) is 11.3 Å². The lowest BCUT2D eigenvalue weighted by Crippen LogP contribution is -2.41. The molecule has 1 fully saturated rings. The highest BCUT2D eigenvalue weighted by atomic mass is 16.5. The summed E-state index contributed by atoms with van der Waals surface area (Å²) in [6.07, 6.45) is 7.98. The normalized spacial score (nSPS) is 27.6. The largest absolute Gasteiger partial charge is 0.375 e. The fraction of sp³-hybridized carbons (Fsp3) is 1.00. The highest BCUT2D eigenvalue weighted by molar-refractivity contribution is 4.86. The molecule has 1 aliphatic rings. The van der Waals surface area contributed by atoms with Gasteiger partial charge in [0.15, 0.2) is 0 Å². The summed E-state index contributed by atoms with van der Waals surface area (Å²) in [6.45, 7) is 17.3. The van der Waals surface area contributed by atoms with Crippen molar-refractivity contribution in [3.8, 4) is 0 Å². The van der Waals surface area contributed by atoms with Crippen LogP contribution in [0, 0.1) is 23.2 Å². The van der Waals surface area contributed by atoms with E-state index in [1.54, 1.807) is 0 Å². The van der Waals surface area contributed by atoms with Crippen LogP contribution in [0.2, 0.25) is 0 Å². The van der Waals surface area contributed by atoms with Crippen LogP contribution in [-0.2, 0) is 4.74 Å². The second-order valence-electron chi connectivity index (χ2n) is 8.41. The first kappa shape index (κ1) is 18.0. The van der Waals surface area contributed by atoms with Gasteiger partial charge in [-0.25, -0.2) is 0 Å². The Balaban J connectivity index is 2.57. The lowest BCUT2D eigenvalue weighted by atomic mass is 9.74. The van der Waals surface area contributed by atoms with Gasteiger partial charge in [0.1, 0.15) is 0 Å². The number of hydrogen-bond acceptors (Lipinski definition) is 1. The Kier molecular flexibility index (Phi) is 6.57. The molecule has 1 nitrogen and oxygen atoms in total. The Morgan fingerprint density at radius 3 is 2.05 bits per heavy atom. The van der Waals surface area contributed by atoms with E-state index in [9.17, 15) is 0 Å². The van der Waals surface area contributed by atoms with Crippen LogP contribution >= 0.6 is 0 Å². The molecule has 0 saturated heterocycles. The second-order valence-corrected chi connectivity index (χ2v) is 8.41. The zero-order valence-corrected chi connectivity index (χ0v) is 15.1. The predicted molar refractivity (Wildman–Crippen MR) is 89.0 cm³/mol. The molecule has 1 saturated carbocycles. The third-order valence-electron chi connectivity index (χ3n) is 5.99. The number of hydrogen-bond donors (Lipinski definition) is 0. The predicted octanol–water partition coefficient (Wildman–Crippen LogP) is 6.07. The Hall–Kier alpha value is -0.0400. The maximum Gasteiger partial charge on any atom is 0.0654 e.